The van der Waals surface area contributed by atoms with E-state index >= 15 is 0 Å². The van der Waals surface area contributed by atoms with E-state index in [4.69, 9.17) is 16.3 Å². The van der Waals surface area contributed by atoms with E-state index in [-0.39, 0.29) is 18.0 Å². The predicted molar refractivity (Wildman–Crippen MR) is 97.0 cm³/mol. The second-order valence-corrected chi connectivity index (χ2v) is 7.45. The van der Waals surface area contributed by atoms with Crippen LogP contribution in [0.3, 0.4) is 0 Å². The number of morpholine rings is 1. The Labute approximate surface area is 151 Å². The molecule has 4 nitrogen and oxygen atoms in total. The summed E-state index contributed by atoms with van der Waals surface area (Å²) >= 11 is 7.64. The predicted octanol–water partition coefficient (Wildman–Crippen LogP) is 2.18. The van der Waals surface area contributed by atoms with Crippen LogP contribution in [0, 0.1) is 0 Å². The van der Waals surface area contributed by atoms with E-state index < -0.39 is 0 Å². The number of benzene rings is 1. The first kappa shape index (κ1) is 17.4. The average Bonchev–Trinajstić information content (AvgIpc) is 3.10. The molecule has 2 atom stereocenters. The minimum Gasteiger partial charge on any atom is -0.370 e. The fraction of sp³-hybridized carbons (Fsp3) is 0.389. The Kier molecular flexibility index (Phi) is 5.89. The van der Waals surface area contributed by atoms with Gasteiger partial charge in [0.25, 0.3) is 5.91 Å². The molecule has 2 heterocycles. The van der Waals surface area contributed by atoms with E-state index in [2.05, 4.69) is 29.8 Å². The molecule has 2 aromatic rings. The van der Waals surface area contributed by atoms with Crippen molar-refractivity contribution in [3.8, 4) is 0 Å². The monoisotopic (exact) mass is 365 g/mol. The minimum atomic E-state index is -0.0617. The molecule has 1 aromatic heterocycles. The van der Waals surface area contributed by atoms with Crippen molar-refractivity contribution in [3.63, 3.8) is 0 Å². The van der Waals surface area contributed by atoms with Crippen LogP contribution in [-0.2, 0) is 4.74 Å². The van der Waals surface area contributed by atoms with E-state index in [9.17, 15) is 4.79 Å². The first-order valence-electron chi connectivity index (χ1n) is 8.17. The maximum absolute atomic E-state index is 12.5. The SMILES string of the molecule is C[C@H](NC(=O)c1ccc(Cl)cc1)[C@@H](c1cccs1)[NH+]1CCOCC1. The standard InChI is InChI=1S/C18H21ClN2O2S/c1-13(20-18(22)14-4-6-15(19)7-5-14)17(16-3-2-12-24-16)21-8-10-23-11-9-21/h2-7,12-13,17H,8-11H2,1H3,(H,20,22)/p+1/t13-,17-/m0/s1. The van der Waals surface area contributed by atoms with Gasteiger partial charge in [0.05, 0.1) is 24.1 Å². The molecule has 1 aliphatic rings. The summed E-state index contributed by atoms with van der Waals surface area (Å²) in [6.45, 7) is 5.55. The molecule has 24 heavy (non-hydrogen) atoms. The van der Waals surface area contributed by atoms with Gasteiger partial charge in [-0.2, -0.15) is 0 Å². The van der Waals surface area contributed by atoms with E-state index in [1.165, 1.54) is 9.78 Å². The lowest BCUT2D eigenvalue weighted by Crippen LogP contribution is -3.15. The molecule has 0 radical (unpaired) electrons. The number of hydrogen-bond donors (Lipinski definition) is 2. The number of thiophene rings is 1. The number of carbonyl (C=O) groups is 1. The van der Waals surface area contributed by atoms with Gasteiger partial charge in [-0.3, -0.25) is 4.79 Å². The second-order valence-electron chi connectivity index (χ2n) is 6.03. The molecule has 1 saturated heterocycles. The molecule has 0 spiro atoms. The number of carbonyl (C=O) groups excluding carboxylic acids is 1. The van der Waals surface area contributed by atoms with Gasteiger partial charge in [-0.05, 0) is 42.6 Å². The average molecular weight is 366 g/mol. The number of hydrogen-bond acceptors (Lipinski definition) is 3. The number of nitrogens with one attached hydrogen (secondary N) is 2. The first-order valence-corrected chi connectivity index (χ1v) is 9.43. The molecule has 0 bridgehead atoms. The van der Waals surface area contributed by atoms with Crippen LogP contribution in [0.1, 0.15) is 28.2 Å². The summed E-state index contributed by atoms with van der Waals surface area (Å²) in [5.74, 6) is -0.0617. The molecule has 1 aromatic carbocycles. The zero-order chi connectivity index (χ0) is 16.9. The topological polar surface area (TPSA) is 42.8 Å². The van der Waals surface area contributed by atoms with E-state index in [0.717, 1.165) is 26.3 Å². The van der Waals surface area contributed by atoms with Gasteiger partial charge in [0.2, 0.25) is 0 Å². The quantitative estimate of drug-likeness (QED) is 0.852. The Morgan fingerprint density at radius 3 is 2.58 bits per heavy atom. The Morgan fingerprint density at radius 2 is 1.96 bits per heavy atom. The third-order valence-corrected chi connectivity index (χ3v) is 5.60. The van der Waals surface area contributed by atoms with Gasteiger partial charge in [0, 0.05) is 10.6 Å². The molecule has 1 aliphatic heterocycles. The van der Waals surface area contributed by atoms with Gasteiger partial charge in [0.1, 0.15) is 19.1 Å². The van der Waals surface area contributed by atoms with Gasteiger partial charge in [0.15, 0.2) is 0 Å². The minimum absolute atomic E-state index is 0.0277. The summed E-state index contributed by atoms with van der Waals surface area (Å²) < 4.78 is 5.49. The lowest BCUT2D eigenvalue weighted by atomic mass is 10.0. The number of amides is 1. The third kappa shape index (κ3) is 4.16. The zero-order valence-corrected chi connectivity index (χ0v) is 15.2. The molecular weight excluding hydrogens is 344 g/mol. The lowest BCUT2D eigenvalue weighted by molar-refractivity contribution is -0.939. The molecule has 6 heteroatoms. The van der Waals surface area contributed by atoms with Gasteiger partial charge in [-0.1, -0.05) is 17.7 Å². The van der Waals surface area contributed by atoms with Crippen molar-refractivity contribution in [2.75, 3.05) is 26.3 Å². The van der Waals surface area contributed by atoms with E-state index in [1.807, 2.05) is 0 Å². The number of halogens is 1. The summed E-state index contributed by atoms with van der Waals surface area (Å²) in [5, 5.41) is 5.89. The molecular formula is C18H22ClN2O2S+. The van der Waals surface area contributed by atoms with Crippen molar-refractivity contribution in [2.24, 2.45) is 0 Å². The van der Waals surface area contributed by atoms with Crippen molar-refractivity contribution >= 4 is 28.8 Å². The molecule has 2 N–H and O–H groups in total. The largest absolute Gasteiger partial charge is 0.370 e. The van der Waals surface area contributed by atoms with Crippen LogP contribution in [0.2, 0.25) is 5.02 Å². The first-order chi connectivity index (χ1) is 11.6. The number of quaternary nitrogens is 1. The molecule has 0 saturated carbocycles. The second kappa shape index (κ2) is 8.12. The van der Waals surface area contributed by atoms with Crippen LogP contribution in [0.5, 0.6) is 0 Å². The van der Waals surface area contributed by atoms with Crippen LogP contribution in [-0.4, -0.2) is 38.3 Å². The Balaban J connectivity index is 1.74. The maximum Gasteiger partial charge on any atom is 0.251 e. The molecule has 128 valence electrons. The van der Waals surface area contributed by atoms with E-state index in [1.54, 1.807) is 35.6 Å². The highest BCUT2D eigenvalue weighted by molar-refractivity contribution is 7.10. The zero-order valence-electron chi connectivity index (χ0n) is 13.6. The summed E-state index contributed by atoms with van der Waals surface area (Å²) in [6, 6.07) is 11.5. The number of ether oxygens (including phenoxy) is 1. The number of rotatable bonds is 5. The highest BCUT2D eigenvalue weighted by Gasteiger charge is 2.33. The Morgan fingerprint density at radius 1 is 1.25 bits per heavy atom. The maximum atomic E-state index is 12.5. The van der Waals surface area contributed by atoms with Crippen molar-refractivity contribution in [3.05, 3.63) is 57.2 Å². The summed E-state index contributed by atoms with van der Waals surface area (Å²) in [6.07, 6.45) is 0. The van der Waals surface area contributed by atoms with Crippen LogP contribution in [0.25, 0.3) is 0 Å². The van der Waals surface area contributed by atoms with Crippen LogP contribution < -0.4 is 10.2 Å². The van der Waals surface area contributed by atoms with Gasteiger partial charge in [-0.25, -0.2) is 0 Å². The van der Waals surface area contributed by atoms with Gasteiger partial charge < -0.3 is 15.0 Å². The highest BCUT2D eigenvalue weighted by Crippen LogP contribution is 2.20. The lowest BCUT2D eigenvalue weighted by Gasteiger charge is -2.34. The summed E-state index contributed by atoms with van der Waals surface area (Å²) in [5.41, 5.74) is 0.633. The summed E-state index contributed by atoms with van der Waals surface area (Å²) in [4.78, 5) is 15.3. The molecule has 1 fully saturated rings. The van der Waals surface area contributed by atoms with Crippen LogP contribution in [0.15, 0.2) is 41.8 Å². The highest BCUT2D eigenvalue weighted by atomic mass is 35.5. The van der Waals surface area contributed by atoms with Crippen LogP contribution in [0.4, 0.5) is 0 Å². The Bertz CT molecular complexity index is 654. The fourth-order valence-electron chi connectivity index (χ4n) is 3.19. The third-order valence-electron chi connectivity index (χ3n) is 4.39. The van der Waals surface area contributed by atoms with Gasteiger partial charge >= 0.3 is 0 Å². The van der Waals surface area contributed by atoms with Gasteiger partial charge in [-0.15, -0.1) is 11.3 Å². The van der Waals surface area contributed by atoms with Crippen LogP contribution >= 0.6 is 22.9 Å². The van der Waals surface area contributed by atoms with Crippen molar-refractivity contribution in [1.82, 2.24) is 5.32 Å². The molecule has 1 amide bonds. The normalized spacial score (nSPS) is 18.1. The Hall–Kier alpha value is -1.40. The molecule has 3 rings (SSSR count). The fourth-order valence-corrected chi connectivity index (χ4v) is 4.30. The summed E-state index contributed by atoms with van der Waals surface area (Å²) in [7, 11) is 0. The van der Waals surface area contributed by atoms with E-state index in [0.29, 0.717) is 10.6 Å². The van der Waals surface area contributed by atoms with Crippen molar-refractivity contribution in [1.29, 1.82) is 0 Å². The van der Waals surface area contributed by atoms with Crippen molar-refractivity contribution < 1.29 is 14.4 Å². The van der Waals surface area contributed by atoms with Crippen molar-refractivity contribution in [2.45, 2.75) is 19.0 Å². The molecule has 0 aliphatic carbocycles. The molecule has 0 unspecified atom stereocenters. The smallest absolute Gasteiger partial charge is 0.251 e.